The van der Waals surface area contributed by atoms with Gasteiger partial charge in [-0.15, -0.1) is 0 Å². The first-order valence-corrected chi connectivity index (χ1v) is 6.57. The predicted octanol–water partition coefficient (Wildman–Crippen LogP) is 2.52. The van der Waals surface area contributed by atoms with E-state index in [0.29, 0.717) is 11.7 Å². The van der Waals surface area contributed by atoms with Crippen LogP contribution in [-0.4, -0.2) is 32.2 Å². The van der Waals surface area contributed by atoms with Crippen molar-refractivity contribution >= 4 is 23.0 Å². The SMILES string of the molecule is COC(CNC(=S)Nc1cc(C)c(C)cc1C)OC. The van der Waals surface area contributed by atoms with E-state index >= 15 is 0 Å². The lowest BCUT2D eigenvalue weighted by molar-refractivity contribution is -0.0964. The molecular weight excluding hydrogens is 260 g/mol. The van der Waals surface area contributed by atoms with Crippen molar-refractivity contribution in [2.24, 2.45) is 0 Å². The Morgan fingerprint density at radius 2 is 1.68 bits per heavy atom. The Hall–Kier alpha value is -1.17. The quantitative estimate of drug-likeness (QED) is 0.641. The molecular formula is C14H22N2O2S. The average Bonchev–Trinajstić information content (AvgIpc) is 2.37. The van der Waals surface area contributed by atoms with Crippen molar-refractivity contribution in [2.45, 2.75) is 27.1 Å². The van der Waals surface area contributed by atoms with Gasteiger partial charge in [-0.1, -0.05) is 6.07 Å². The van der Waals surface area contributed by atoms with Crippen LogP contribution in [0.25, 0.3) is 0 Å². The highest BCUT2D eigenvalue weighted by Gasteiger charge is 2.07. The van der Waals surface area contributed by atoms with Gasteiger partial charge in [0.1, 0.15) is 0 Å². The lowest BCUT2D eigenvalue weighted by Gasteiger charge is -2.17. The highest BCUT2D eigenvalue weighted by molar-refractivity contribution is 7.80. The fraction of sp³-hybridized carbons (Fsp3) is 0.500. The molecule has 0 atom stereocenters. The van der Waals surface area contributed by atoms with Crippen LogP contribution in [0.3, 0.4) is 0 Å². The zero-order chi connectivity index (χ0) is 14.4. The number of hydrogen-bond donors (Lipinski definition) is 2. The highest BCUT2D eigenvalue weighted by atomic mass is 32.1. The maximum Gasteiger partial charge on any atom is 0.174 e. The van der Waals surface area contributed by atoms with E-state index in [-0.39, 0.29) is 6.29 Å². The number of nitrogens with one attached hydrogen (secondary N) is 2. The summed E-state index contributed by atoms with van der Waals surface area (Å²) in [6, 6.07) is 4.25. The summed E-state index contributed by atoms with van der Waals surface area (Å²) in [7, 11) is 3.19. The van der Waals surface area contributed by atoms with Gasteiger partial charge in [0.25, 0.3) is 0 Å². The molecule has 5 heteroatoms. The molecule has 0 saturated heterocycles. The third-order valence-corrected chi connectivity index (χ3v) is 3.29. The minimum absolute atomic E-state index is 0.305. The molecule has 0 saturated carbocycles. The molecule has 0 fully saturated rings. The second-order valence-corrected chi connectivity index (χ2v) is 4.90. The van der Waals surface area contributed by atoms with E-state index in [2.05, 4.69) is 43.5 Å². The minimum atomic E-state index is -0.305. The van der Waals surface area contributed by atoms with Gasteiger partial charge in [0.15, 0.2) is 11.4 Å². The summed E-state index contributed by atoms with van der Waals surface area (Å²) in [5, 5.41) is 6.82. The van der Waals surface area contributed by atoms with Gasteiger partial charge >= 0.3 is 0 Å². The average molecular weight is 282 g/mol. The van der Waals surface area contributed by atoms with Gasteiger partial charge in [-0.05, 0) is 55.7 Å². The number of benzene rings is 1. The van der Waals surface area contributed by atoms with Crippen LogP contribution in [0.2, 0.25) is 0 Å². The standard InChI is InChI=1S/C14H22N2O2S/c1-9-6-11(3)12(7-10(9)2)16-14(19)15-8-13(17-4)18-5/h6-7,13H,8H2,1-5H3,(H2,15,16,19). The molecule has 1 aromatic rings. The molecule has 0 amide bonds. The molecule has 4 nitrogen and oxygen atoms in total. The van der Waals surface area contributed by atoms with Gasteiger partial charge < -0.3 is 20.1 Å². The van der Waals surface area contributed by atoms with E-state index in [1.165, 1.54) is 16.7 Å². The Bertz CT molecular complexity index is 445. The molecule has 2 N–H and O–H groups in total. The number of hydrogen-bond acceptors (Lipinski definition) is 3. The molecule has 0 aliphatic carbocycles. The molecule has 0 radical (unpaired) electrons. The number of thiocarbonyl (C=S) groups is 1. The minimum Gasteiger partial charge on any atom is -0.357 e. The van der Waals surface area contributed by atoms with Gasteiger partial charge in [0, 0.05) is 19.9 Å². The predicted molar refractivity (Wildman–Crippen MR) is 82.7 cm³/mol. The third-order valence-electron chi connectivity index (χ3n) is 3.04. The largest absolute Gasteiger partial charge is 0.357 e. The summed E-state index contributed by atoms with van der Waals surface area (Å²) in [6.07, 6.45) is -0.305. The summed E-state index contributed by atoms with van der Waals surface area (Å²) in [5.74, 6) is 0. The van der Waals surface area contributed by atoms with E-state index in [1.54, 1.807) is 14.2 Å². The van der Waals surface area contributed by atoms with Crippen LogP contribution in [0.4, 0.5) is 5.69 Å². The van der Waals surface area contributed by atoms with Crippen LogP contribution in [0, 0.1) is 20.8 Å². The van der Waals surface area contributed by atoms with Crippen LogP contribution in [-0.2, 0) is 9.47 Å². The van der Waals surface area contributed by atoms with Gasteiger partial charge in [0.2, 0.25) is 0 Å². The number of ether oxygens (including phenoxy) is 2. The van der Waals surface area contributed by atoms with Crippen LogP contribution >= 0.6 is 12.2 Å². The Morgan fingerprint density at radius 1 is 1.11 bits per heavy atom. The highest BCUT2D eigenvalue weighted by Crippen LogP contribution is 2.19. The number of aryl methyl sites for hydroxylation is 3. The van der Waals surface area contributed by atoms with Crippen molar-refractivity contribution in [3.8, 4) is 0 Å². The first kappa shape index (κ1) is 15.9. The molecule has 0 aromatic heterocycles. The monoisotopic (exact) mass is 282 g/mol. The van der Waals surface area contributed by atoms with Crippen molar-refractivity contribution in [3.05, 3.63) is 28.8 Å². The van der Waals surface area contributed by atoms with Crippen molar-refractivity contribution in [3.63, 3.8) is 0 Å². The Balaban J connectivity index is 2.60. The van der Waals surface area contributed by atoms with Crippen molar-refractivity contribution < 1.29 is 9.47 Å². The van der Waals surface area contributed by atoms with Crippen LogP contribution in [0.5, 0.6) is 0 Å². The third kappa shape index (κ3) is 4.78. The van der Waals surface area contributed by atoms with Gasteiger partial charge in [-0.25, -0.2) is 0 Å². The normalized spacial score (nSPS) is 10.6. The smallest absolute Gasteiger partial charge is 0.174 e. The molecule has 106 valence electrons. The molecule has 0 aliphatic rings. The summed E-state index contributed by atoms with van der Waals surface area (Å²) in [4.78, 5) is 0. The molecule has 0 heterocycles. The first-order valence-electron chi connectivity index (χ1n) is 6.16. The summed E-state index contributed by atoms with van der Waals surface area (Å²) >= 11 is 5.25. The second kappa shape index (κ2) is 7.43. The zero-order valence-corrected chi connectivity index (χ0v) is 13.0. The van der Waals surface area contributed by atoms with Crippen molar-refractivity contribution in [1.82, 2.24) is 5.32 Å². The van der Waals surface area contributed by atoms with Gasteiger partial charge in [0.05, 0.1) is 6.54 Å². The maximum absolute atomic E-state index is 5.25. The molecule has 0 aliphatic heterocycles. The van der Waals surface area contributed by atoms with Crippen molar-refractivity contribution in [1.29, 1.82) is 0 Å². The van der Waals surface area contributed by atoms with E-state index in [9.17, 15) is 0 Å². The second-order valence-electron chi connectivity index (χ2n) is 4.49. The van der Waals surface area contributed by atoms with E-state index in [1.807, 2.05) is 0 Å². The Morgan fingerprint density at radius 3 is 2.26 bits per heavy atom. The summed E-state index contributed by atoms with van der Waals surface area (Å²) in [5.41, 5.74) is 4.71. The fourth-order valence-electron chi connectivity index (χ4n) is 1.70. The molecule has 0 bridgehead atoms. The van der Waals surface area contributed by atoms with Gasteiger partial charge in [-0.3, -0.25) is 0 Å². The van der Waals surface area contributed by atoms with Crippen LogP contribution in [0.15, 0.2) is 12.1 Å². The molecule has 19 heavy (non-hydrogen) atoms. The van der Waals surface area contributed by atoms with E-state index < -0.39 is 0 Å². The Kier molecular flexibility index (Phi) is 6.21. The zero-order valence-electron chi connectivity index (χ0n) is 12.2. The lowest BCUT2D eigenvalue weighted by Crippen LogP contribution is -2.36. The van der Waals surface area contributed by atoms with E-state index in [4.69, 9.17) is 21.7 Å². The van der Waals surface area contributed by atoms with Crippen molar-refractivity contribution in [2.75, 3.05) is 26.1 Å². The lowest BCUT2D eigenvalue weighted by atomic mass is 10.1. The summed E-state index contributed by atoms with van der Waals surface area (Å²) < 4.78 is 10.2. The summed E-state index contributed by atoms with van der Waals surface area (Å²) in [6.45, 7) is 6.75. The van der Waals surface area contributed by atoms with Crippen LogP contribution in [0.1, 0.15) is 16.7 Å². The van der Waals surface area contributed by atoms with Gasteiger partial charge in [-0.2, -0.15) is 0 Å². The fourth-order valence-corrected chi connectivity index (χ4v) is 1.89. The maximum atomic E-state index is 5.25. The number of rotatable bonds is 5. The Labute approximate surface area is 120 Å². The molecule has 0 unspecified atom stereocenters. The molecule has 1 aromatic carbocycles. The number of anilines is 1. The molecule has 0 spiro atoms. The van der Waals surface area contributed by atoms with E-state index in [0.717, 1.165) is 5.69 Å². The van der Waals surface area contributed by atoms with Crippen LogP contribution < -0.4 is 10.6 Å². The first-order chi connectivity index (χ1) is 8.97. The topological polar surface area (TPSA) is 42.5 Å². The molecule has 1 rings (SSSR count). The number of methoxy groups -OCH3 is 2.